The molecule has 1 amide bonds. The summed E-state index contributed by atoms with van der Waals surface area (Å²) >= 11 is 5.97. The Labute approximate surface area is 131 Å². The van der Waals surface area contributed by atoms with Crippen molar-refractivity contribution in [2.24, 2.45) is 0 Å². The third kappa shape index (κ3) is 4.20. The van der Waals surface area contributed by atoms with Gasteiger partial charge in [0, 0.05) is 30.8 Å². The van der Waals surface area contributed by atoms with Gasteiger partial charge in [-0.25, -0.2) is 8.42 Å². The molecule has 0 radical (unpaired) electrons. The molecule has 0 N–H and O–H groups in total. The normalized spacial score (nSPS) is 19.0. The van der Waals surface area contributed by atoms with Crippen LogP contribution in [0.1, 0.15) is 24.0 Å². The lowest BCUT2D eigenvalue weighted by molar-refractivity contribution is -0.130. The van der Waals surface area contributed by atoms with Gasteiger partial charge >= 0.3 is 0 Å². The fraction of sp³-hybridized carbons (Fsp3) is 0.533. The van der Waals surface area contributed by atoms with Gasteiger partial charge in [0.15, 0.2) is 9.84 Å². The fourth-order valence-electron chi connectivity index (χ4n) is 2.58. The molecular formula is C15H20ClNO3S. The summed E-state index contributed by atoms with van der Waals surface area (Å²) in [6.07, 6.45) is 2.83. The molecule has 6 heteroatoms. The summed E-state index contributed by atoms with van der Waals surface area (Å²) in [7, 11) is -3.06. The Morgan fingerprint density at radius 3 is 2.71 bits per heavy atom. The van der Waals surface area contributed by atoms with Gasteiger partial charge in [-0.3, -0.25) is 4.79 Å². The average Bonchev–Trinajstić information content (AvgIpc) is 2.89. The van der Waals surface area contributed by atoms with Crippen LogP contribution < -0.4 is 0 Å². The number of sulfone groups is 1. The summed E-state index contributed by atoms with van der Waals surface area (Å²) in [6.45, 7) is 2.80. The minimum Gasteiger partial charge on any atom is -0.341 e. The van der Waals surface area contributed by atoms with E-state index in [1.165, 1.54) is 6.26 Å². The molecule has 1 unspecified atom stereocenters. The van der Waals surface area contributed by atoms with E-state index < -0.39 is 15.1 Å². The lowest BCUT2D eigenvalue weighted by atomic mass is 10.1. The number of aryl methyl sites for hydroxylation is 2. The van der Waals surface area contributed by atoms with Gasteiger partial charge in [-0.2, -0.15) is 0 Å². The van der Waals surface area contributed by atoms with E-state index in [9.17, 15) is 13.2 Å². The highest BCUT2D eigenvalue weighted by atomic mass is 35.5. The Morgan fingerprint density at radius 1 is 1.43 bits per heavy atom. The van der Waals surface area contributed by atoms with E-state index in [1.807, 2.05) is 25.1 Å². The molecule has 1 heterocycles. The number of benzene rings is 1. The van der Waals surface area contributed by atoms with Crippen LogP contribution in [0.15, 0.2) is 18.2 Å². The molecule has 1 aliphatic heterocycles. The summed E-state index contributed by atoms with van der Waals surface area (Å²) < 4.78 is 23.0. The number of rotatable bonds is 4. The number of amides is 1. The predicted octanol–water partition coefficient (Wildman–Crippen LogP) is 2.23. The molecule has 116 valence electrons. The molecule has 1 aromatic rings. The van der Waals surface area contributed by atoms with Crippen molar-refractivity contribution >= 4 is 27.3 Å². The van der Waals surface area contributed by atoms with E-state index in [0.29, 0.717) is 32.4 Å². The fourth-order valence-corrected chi connectivity index (χ4v) is 3.68. The third-order valence-electron chi connectivity index (χ3n) is 3.95. The molecule has 0 aliphatic carbocycles. The molecule has 2 rings (SSSR count). The van der Waals surface area contributed by atoms with Crippen LogP contribution in [0, 0.1) is 6.92 Å². The zero-order valence-corrected chi connectivity index (χ0v) is 13.9. The van der Waals surface area contributed by atoms with Gasteiger partial charge in [0.2, 0.25) is 5.91 Å². The van der Waals surface area contributed by atoms with Gasteiger partial charge in [-0.1, -0.05) is 23.7 Å². The van der Waals surface area contributed by atoms with Crippen LogP contribution in [-0.4, -0.2) is 43.8 Å². The Kier molecular flexibility index (Phi) is 4.94. The van der Waals surface area contributed by atoms with Crippen LogP contribution in [0.2, 0.25) is 5.02 Å². The van der Waals surface area contributed by atoms with Crippen LogP contribution in [0.5, 0.6) is 0 Å². The Balaban J connectivity index is 1.89. The van der Waals surface area contributed by atoms with Crippen molar-refractivity contribution in [1.82, 2.24) is 4.90 Å². The highest BCUT2D eigenvalue weighted by Crippen LogP contribution is 2.19. The molecular weight excluding hydrogens is 310 g/mol. The topological polar surface area (TPSA) is 54.5 Å². The number of hydrogen-bond donors (Lipinski definition) is 0. The second-order valence-corrected chi connectivity index (χ2v) is 8.40. The van der Waals surface area contributed by atoms with Crippen LogP contribution in [0.25, 0.3) is 0 Å². The van der Waals surface area contributed by atoms with Crippen molar-refractivity contribution in [3.05, 3.63) is 34.3 Å². The van der Waals surface area contributed by atoms with Gasteiger partial charge in [0.05, 0.1) is 5.25 Å². The van der Waals surface area contributed by atoms with Crippen molar-refractivity contribution in [2.45, 2.75) is 31.4 Å². The van der Waals surface area contributed by atoms with Crippen molar-refractivity contribution < 1.29 is 13.2 Å². The smallest absolute Gasteiger partial charge is 0.222 e. The van der Waals surface area contributed by atoms with Gasteiger partial charge < -0.3 is 4.90 Å². The summed E-state index contributed by atoms with van der Waals surface area (Å²) in [5.74, 6) is 0.0220. The van der Waals surface area contributed by atoms with E-state index in [4.69, 9.17) is 11.6 Å². The van der Waals surface area contributed by atoms with Crippen LogP contribution in [0.3, 0.4) is 0 Å². The Bertz CT molecular complexity index is 642. The van der Waals surface area contributed by atoms with Gasteiger partial charge in [-0.05, 0) is 37.0 Å². The van der Waals surface area contributed by atoms with E-state index in [0.717, 1.165) is 16.1 Å². The number of carbonyl (C=O) groups excluding carboxylic acids is 1. The first-order valence-corrected chi connectivity index (χ1v) is 9.32. The second-order valence-electron chi connectivity index (χ2n) is 5.66. The molecule has 1 aromatic carbocycles. The maximum absolute atomic E-state index is 12.1. The molecule has 1 aliphatic rings. The van der Waals surface area contributed by atoms with E-state index in [-0.39, 0.29) is 5.91 Å². The lowest BCUT2D eigenvalue weighted by Crippen LogP contribution is -2.31. The minimum atomic E-state index is -3.06. The van der Waals surface area contributed by atoms with E-state index in [1.54, 1.807) is 4.90 Å². The van der Waals surface area contributed by atoms with Crippen molar-refractivity contribution in [1.29, 1.82) is 0 Å². The highest BCUT2D eigenvalue weighted by molar-refractivity contribution is 7.91. The third-order valence-corrected chi connectivity index (χ3v) is 5.97. The van der Waals surface area contributed by atoms with Crippen LogP contribution in [-0.2, 0) is 21.1 Å². The number of halogens is 1. The first-order chi connectivity index (χ1) is 9.77. The molecule has 1 fully saturated rings. The molecule has 4 nitrogen and oxygen atoms in total. The number of likely N-dealkylation sites (tertiary alicyclic amines) is 1. The Hall–Kier alpha value is -1.07. The van der Waals surface area contributed by atoms with Crippen molar-refractivity contribution in [3.8, 4) is 0 Å². The zero-order valence-electron chi connectivity index (χ0n) is 12.3. The molecule has 21 heavy (non-hydrogen) atoms. The highest BCUT2D eigenvalue weighted by Gasteiger charge is 2.32. The maximum Gasteiger partial charge on any atom is 0.222 e. The SMILES string of the molecule is Cc1cc(CCC(=O)N2CCC(S(C)(=O)=O)C2)ccc1Cl. The molecule has 0 saturated carbocycles. The number of hydrogen-bond acceptors (Lipinski definition) is 3. The number of carbonyl (C=O) groups is 1. The predicted molar refractivity (Wildman–Crippen MR) is 84.3 cm³/mol. The van der Waals surface area contributed by atoms with E-state index >= 15 is 0 Å². The first-order valence-electron chi connectivity index (χ1n) is 6.99. The quantitative estimate of drug-likeness (QED) is 0.851. The van der Waals surface area contributed by atoms with Crippen LogP contribution >= 0.6 is 11.6 Å². The van der Waals surface area contributed by atoms with Crippen LogP contribution in [0.4, 0.5) is 0 Å². The molecule has 1 saturated heterocycles. The second kappa shape index (κ2) is 6.36. The maximum atomic E-state index is 12.1. The van der Waals surface area contributed by atoms with Crippen molar-refractivity contribution in [3.63, 3.8) is 0 Å². The van der Waals surface area contributed by atoms with Gasteiger partial charge in [0.1, 0.15) is 0 Å². The standard InChI is InChI=1S/C15H20ClNO3S/c1-11-9-12(3-5-14(11)16)4-6-15(18)17-8-7-13(10-17)21(2,19)20/h3,5,9,13H,4,6-8,10H2,1-2H3. The minimum absolute atomic E-state index is 0.0220. The lowest BCUT2D eigenvalue weighted by Gasteiger charge is -2.16. The molecule has 0 spiro atoms. The molecule has 1 atom stereocenters. The summed E-state index contributed by atoms with van der Waals surface area (Å²) in [6, 6.07) is 5.75. The van der Waals surface area contributed by atoms with E-state index in [2.05, 4.69) is 0 Å². The average molecular weight is 330 g/mol. The zero-order chi connectivity index (χ0) is 15.6. The van der Waals surface area contributed by atoms with Gasteiger partial charge in [0.25, 0.3) is 0 Å². The molecule has 0 bridgehead atoms. The summed E-state index contributed by atoms with van der Waals surface area (Å²) in [5, 5.41) is 0.319. The summed E-state index contributed by atoms with van der Waals surface area (Å²) in [4.78, 5) is 13.8. The molecule has 0 aromatic heterocycles. The van der Waals surface area contributed by atoms with Crippen molar-refractivity contribution in [2.75, 3.05) is 19.3 Å². The Morgan fingerprint density at radius 2 is 2.14 bits per heavy atom. The monoisotopic (exact) mass is 329 g/mol. The largest absolute Gasteiger partial charge is 0.341 e. The first kappa shape index (κ1) is 16.3. The summed E-state index contributed by atoms with van der Waals surface area (Å²) in [5.41, 5.74) is 2.07. The van der Waals surface area contributed by atoms with Gasteiger partial charge in [-0.15, -0.1) is 0 Å². The number of nitrogens with zero attached hydrogens (tertiary/aromatic N) is 1.